The third-order valence-corrected chi connectivity index (χ3v) is 2.46. The summed E-state index contributed by atoms with van der Waals surface area (Å²) < 4.78 is 2.98. The first-order valence-corrected chi connectivity index (χ1v) is 5.17. The highest BCUT2D eigenvalue weighted by molar-refractivity contribution is 5.57. The lowest BCUT2D eigenvalue weighted by molar-refractivity contribution is 0.857. The van der Waals surface area contributed by atoms with Crippen LogP contribution in [0.4, 0.5) is 11.4 Å². The minimum atomic E-state index is -0.0592. The lowest BCUT2D eigenvalue weighted by Gasteiger charge is -2.08. The van der Waals surface area contributed by atoms with Gasteiger partial charge in [-0.15, -0.1) is 0 Å². The topological polar surface area (TPSA) is 56.0 Å². The molecule has 0 bridgehead atoms. The highest BCUT2D eigenvalue weighted by Crippen LogP contribution is 2.12. The molecule has 5 heteroatoms. The molecule has 0 aliphatic rings. The van der Waals surface area contributed by atoms with Crippen LogP contribution in [0.1, 0.15) is 0 Å². The Morgan fingerprint density at radius 3 is 1.59 bits per heavy atom. The van der Waals surface area contributed by atoms with Gasteiger partial charge in [0.15, 0.2) is 0 Å². The lowest BCUT2D eigenvalue weighted by Crippen LogP contribution is -2.16. The summed E-state index contributed by atoms with van der Waals surface area (Å²) in [7, 11) is 3.38. The highest BCUT2D eigenvalue weighted by atomic mass is 16.1. The molecule has 0 unspecified atom stereocenters. The first-order chi connectivity index (χ1) is 8.06. The summed E-state index contributed by atoms with van der Waals surface area (Å²) in [5.41, 5.74) is 1.48. The largest absolute Gasteiger partial charge is 0.353 e. The Kier molecular flexibility index (Phi) is 2.82. The molecule has 2 aromatic rings. The number of aromatic nitrogens is 2. The van der Waals surface area contributed by atoms with E-state index in [1.165, 1.54) is 21.3 Å². The minimum absolute atomic E-state index is 0.0592. The van der Waals surface area contributed by atoms with Crippen LogP contribution in [0.3, 0.4) is 0 Å². The van der Waals surface area contributed by atoms with Gasteiger partial charge in [-0.3, -0.25) is 9.59 Å². The van der Waals surface area contributed by atoms with Crippen LogP contribution in [0.25, 0.3) is 0 Å². The van der Waals surface area contributed by atoms with Crippen molar-refractivity contribution in [1.82, 2.24) is 9.13 Å². The number of nitrogens with one attached hydrogen (secondary N) is 1. The normalized spacial score (nSPS) is 10.2. The van der Waals surface area contributed by atoms with Crippen molar-refractivity contribution >= 4 is 11.4 Å². The zero-order valence-corrected chi connectivity index (χ0v) is 9.68. The van der Waals surface area contributed by atoms with E-state index in [1.807, 2.05) is 0 Å². The van der Waals surface area contributed by atoms with Crippen molar-refractivity contribution in [2.24, 2.45) is 14.1 Å². The monoisotopic (exact) mass is 231 g/mol. The van der Waals surface area contributed by atoms with E-state index in [0.717, 1.165) is 11.4 Å². The molecule has 5 nitrogen and oxygen atoms in total. The highest BCUT2D eigenvalue weighted by Gasteiger charge is 1.98. The Bertz CT molecular complexity index is 598. The Hall–Kier alpha value is -2.30. The van der Waals surface area contributed by atoms with Crippen molar-refractivity contribution in [3.8, 4) is 0 Å². The van der Waals surface area contributed by atoms with E-state index in [9.17, 15) is 9.59 Å². The molecule has 17 heavy (non-hydrogen) atoms. The summed E-state index contributed by atoms with van der Waals surface area (Å²) in [4.78, 5) is 22.4. The molecule has 0 amide bonds. The van der Waals surface area contributed by atoms with E-state index in [0.29, 0.717) is 0 Å². The number of anilines is 2. The predicted octanol–water partition coefficient (Wildman–Crippen LogP) is 0.828. The van der Waals surface area contributed by atoms with Gasteiger partial charge in [0, 0.05) is 38.6 Å². The summed E-state index contributed by atoms with van der Waals surface area (Å²) in [5.74, 6) is 0. The number of hydrogen-bond donors (Lipinski definition) is 1. The molecule has 2 rings (SSSR count). The van der Waals surface area contributed by atoms with Crippen LogP contribution in [-0.2, 0) is 14.1 Å². The van der Waals surface area contributed by atoms with Crippen molar-refractivity contribution in [2.75, 3.05) is 5.32 Å². The molecular formula is C12H13N3O2. The smallest absolute Gasteiger partial charge is 0.250 e. The van der Waals surface area contributed by atoms with Gasteiger partial charge in [-0.05, 0) is 12.1 Å². The number of nitrogens with zero attached hydrogens (tertiary/aromatic N) is 2. The second-order valence-electron chi connectivity index (χ2n) is 3.86. The zero-order chi connectivity index (χ0) is 12.4. The number of pyridine rings is 2. The van der Waals surface area contributed by atoms with Gasteiger partial charge in [-0.1, -0.05) is 0 Å². The van der Waals surface area contributed by atoms with E-state index in [-0.39, 0.29) is 11.1 Å². The van der Waals surface area contributed by atoms with Crippen molar-refractivity contribution in [1.29, 1.82) is 0 Å². The van der Waals surface area contributed by atoms with Crippen LogP contribution in [0.2, 0.25) is 0 Å². The van der Waals surface area contributed by atoms with Gasteiger partial charge in [0.2, 0.25) is 11.1 Å². The van der Waals surface area contributed by atoms with Gasteiger partial charge < -0.3 is 14.5 Å². The predicted molar refractivity (Wildman–Crippen MR) is 66.6 cm³/mol. The summed E-state index contributed by atoms with van der Waals surface area (Å²) in [6.07, 6.45) is 3.40. The lowest BCUT2D eigenvalue weighted by atomic mass is 10.3. The molecule has 0 saturated carbocycles. The summed E-state index contributed by atoms with van der Waals surface area (Å²) in [5, 5.41) is 3.12. The quantitative estimate of drug-likeness (QED) is 0.832. The van der Waals surface area contributed by atoms with Crippen molar-refractivity contribution in [2.45, 2.75) is 0 Å². The molecular weight excluding hydrogens is 218 g/mol. The van der Waals surface area contributed by atoms with E-state index in [4.69, 9.17) is 0 Å². The summed E-state index contributed by atoms with van der Waals surface area (Å²) in [6.45, 7) is 0. The molecule has 2 heterocycles. The second-order valence-corrected chi connectivity index (χ2v) is 3.86. The van der Waals surface area contributed by atoms with Gasteiger partial charge in [-0.25, -0.2) is 0 Å². The molecule has 0 atom stereocenters. The van der Waals surface area contributed by atoms with Gasteiger partial charge in [0.25, 0.3) is 0 Å². The second kappa shape index (κ2) is 4.29. The SMILES string of the molecule is Cn1cc(Nc2ccc(=O)n(C)c2)ccc1=O. The summed E-state index contributed by atoms with van der Waals surface area (Å²) in [6, 6.07) is 6.38. The molecule has 0 aliphatic carbocycles. The van der Waals surface area contributed by atoms with Gasteiger partial charge in [-0.2, -0.15) is 0 Å². The van der Waals surface area contributed by atoms with Gasteiger partial charge in [0.05, 0.1) is 11.4 Å². The summed E-state index contributed by atoms with van der Waals surface area (Å²) >= 11 is 0. The number of rotatable bonds is 2. The van der Waals surface area contributed by atoms with E-state index < -0.39 is 0 Å². The van der Waals surface area contributed by atoms with Crippen LogP contribution in [0, 0.1) is 0 Å². The van der Waals surface area contributed by atoms with E-state index in [2.05, 4.69) is 5.32 Å². The van der Waals surface area contributed by atoms with Gasteiger partial charge >= 0.3 is 0 Å². The van der Waals surface area contributed by atoms with E-state index in [1.54, 1.807) is 38.6 Å². The Balaban J connectivity index is 2.31. The average molecular weight is 231 g/mol. The van der Waals surface area contributed by atoms with Crippen LogP contribution >= 0.6 is 0 Å². The van der Waals surface area contributed by atoms with E-state index >= 15 is 0 Å². The first kappa shape index (κ1) is 11.2. The molecule has 0 aromatic carbocycles. The maximum absolute atomic E-state index is 11.2. The Labute approximate surface area is 98.0 Å². The van der Waals surface area contributed by atoms with Gasteiger partial charge in [0.1, 0.15) is 0 Å². The molecule has 0 spiro atoms. The van der Waals surface area contributed by atoms with Crippen LogP contribution in [0.5, 0.6) is 0 Å². The molecule has 0 saturated heterocycles. The average Bonchev–Trinajstić information content (AvgIpc) is 2.29. The minimum Gasteiger partial charge on any atom is -0.353 e. The Morgan fingerprint density at radius 1 is 0.824 bits per heavy atom. The fourth-order valence-corrected chi connectivity index (χ4v) is 1.50. The number of aryl methyl sites for hydroxylation is 2. The standard InChI is InChI=1S/C12H13N3O2/c1-14-7-9(3-5-11(14)16)13-10-4-6-12(17)15(2)8-10/h3-8,13H,1-2H3. The number of hydrogen-bond acceptors (Lipinski definition) is 3. The van der Waals surface area contributed by atoms with Crippen LogP contribution in [0.15, 0.2) is 46.2 Å². The Morgan fingerprint density at radius 2 is 1.24 bits per heavy atom. The maximum atomic E-state index is 11.2. The first-order valence-electron chi connectivity index (χ1n) is 5.17. The van der Waals surface area contributed by atoms with Crippen molar-refractivity contribution in [3.63, 3.8) is 0 Å². The van der Waals surface area contributed by atoms with Crippen LogP contribution in [-0.4, -0.2) is 9.13 Å². The zero-order valence-electron chi connectivity index (χ0n) is 9.68. The fraction of sp³-hybridized carbons (Fsp3) is 0.167. The molecule has 88 valence electrons. The fourth-order valence-electron chi connectivity index (χ4n) is 1.50. The van der Waals surface area contributed by atoms with Crippen LogP contribution < -0.4 is 16.4 Å². The molecule has 0 fully saturated rings. The molecule has 2 aromatic heterocycles. The van der Waals surface area contributed by atoms with Crippen molar-refractivity contribution in [3.05, 3.63) is 57.4 Å². The third kappa shape index (κ3) is 2.44. The molecule has 0 aliphatic heterocycles. The maximum Gasteiger partial charge on any atom is 0.250 e. The molecule has 0 radical (unpaired) electrons. The third-order valence-electron chi connectivity index (χ3n) is 2.46. The van der Waals surface area contributed by atoms with Crippen molar-refractivity contribution < 1.29 is 0 Å². The molecule has 1 N–H and O–H groups in total.